The summed E-state index contributed by atoms with van der Waals surface area (Å²) >= 11 is 8.01. The number of benzene rings is 1. The zero-order valence-corrected chi connectivity index (χ0v) is 10.9. The van der Waals surface area contributed by atoms with Gasteiger partial charge in [-0.05, 0) is 25.1 Å². The second-order valence-electron chi connectivity index (χ2n) is 3.50. The third-order valence-electron chi connectivity index (χ3n) is 2.44. The molecule has 0 spiro atoms. The molecule has 0 aliphatic rings. The van der Waals surface area contributed by atoms with E-state index in [2.05, 4.69) is 18.3 Å². The van der Waals surface area contributed by atoms with Crippen molar-refractivity contribution in [2.75, 3.05) is 12.8 Å². The normalized spacial score (nSPS) is 12.7. The van der Waals surface area contributed by atoms with Crippen LogP contribution < -0.4 is 5.32 Å². The fraction of sp³-hybridized carbons (Fsp3) is 0.500. The maximum absolute atomic E-state index is 6.08. The molecule has 3 heteroatoms. The van der Waals surface area contributed by atoms with Gasteiger partial charge in [0, 0.05) is 22.6 Å². The van der Waals surface area contributed by atoms with Gasteiger partial charge in [-0.1, -0.05) is 36.7 Å². The van der Waals surface area contributed by atoms with Crippen molar-refractivity contribution in [2.24, 2.45) is 0 Å². The first kappa shape index (κ1) is 12.9. The Morgan fingerprint density at radius 1 is 1.40 bits per heavy atom. The van der Waals surface area contributed by atoms with Gasteiger partial charge in [0.15, 0.2) is 0 Å². The third-order valence-corrected chi connectivity index (χ3v) is 3.96. The minimum Gasteiger partial charge on any atom is -0.316 e. The van der Waals surface area contributed by atoms with Crippen LogP contribution in [0.3, 0.4) is 0 Å². The van der Waals surface area contributed by atoms with Gasteiger partial charge in [0.2, 0.25) is 0 Å². The van der Waals surface area contributed by atoms with Gasteiger partial charge in [-0.25, -0.2) is 0 Å². The number of halogens is 1. The number of hydrogen-bond acceptors (Lipinski definition) is 2. The molecular formula is C12H18ClNS. The van der Waals surface area contributed by atoms with E-state index in [1.807, 2.05) is 37.0 Å². The fourth-order valence-electron chi connectivity index (χ4n) is 1.33. The molecule has 0 aliphatic carbocycles. The van der Waals surface area contributed by atoms with Crippen molar-refractivity contribution >= 4 is 23.4 Å². The van der Waals surface area contributed by atoms with Crippen LogP contribution in [0.4, 0.5) is 0 Å². The van der Waals surface area contributed by atoms with E-state index in [9.17, 15) is 0 Å². The number of rotatable bonds is 6. The zero-order valence-electron chi connectivity index (χ0n) is 9.29. The van der Waals surface area contributed by atoms with Crippen molar-refractivity contribution in [3.63, 3.8) is 0 Å². The SMILES string of the molecule is CCC(CSCc1ccccc1Cl)NC. The van der Waals surface area contributed by atoms with Gasteiger partial charge < -0.3 is 5.32 Å². The predicted molar refractivity (Wildman–Crippen MR) is 70.8 cm³/mol. The van der Waals surface area contributed by atoms with Crippen LogP contribution >= 0.6 is 23.4 Å². The number of thioether (sulfide) groups is 1. The zero-order chi connectivity index (χ0) is 11.1. The first-order valence-electron chi connectivity index (χ1n) is 5.26. The summed E-state index contributed by atoms with van der Waals surface area (Å²) in [5.41, 5.74) is 1.23. The van der Waals surface area contributed by atoms with Gasteiger partial charge >= 0.3 is 0 Å². The van der Waals surface area contributed by atoms with E-state index in [4.69, 9.17) is 11.6 Å². The van der Waals surface area contributed by atoms with Crippen LogP contribution in [-0.4, -0.2) is 18.8 Å². The lowest BCUT2D eigenvalue weighted by Gasteiger charge is -2.13. The highest BCUT2D eigenvalue weighted by atomic mass is 35.5. The molecule has 1 atom stereocenters. The first-order valence-corrected chi connectivity index (χ1v) is 6.79. The number of hydrogen-bond donors (Lipinski definition) is 1. The van der Waals surface area contributed by atoms with Crippen molar-refractivity contribution in [3.05, 3.63) is 34.9 Å². The average Bonchev–Trinajstić information content (AvgIpc) is 2.27. The van der Waals surface area contributed by atoms with Gasteiger partial charge in [0.1, 0.15) is 0 Å². The molecule has 0 bridgehead atoms. The Labute approximate surface area is 102 Å². The van der Waals surface area contributed by atoms with Crippen molar-refractivity contribution in [1.29, 1.82) is 0 Å². The molecule has 0 aliphatic heterocycles. The summed E-state index contributed by atoms with van der Waals surface area (Å²) in [5, 5.41) is 4.18. The van der Waals surface area contributed by atoms with Gasteiger partial charge in [-0.15, -0.1) is 0 Å². The van der Waals surface area contributed by atoms with Crippen molar-refractivity contribution < 1.29 is 0 Å². The van der Waals surface area contributed by atoms with Gasteiger partial charge in [-0.3, -0.25) is 0 Å². The second-order valence-corrected chi connectivity index (χ2v) is 4.94. The van der Waals surface area contributed by atoms with E-state index in [1.54, 1.807) is 0 Å². The van der Waals surface area contributed by atoms with Crippen molar-refractivity contribution in [3.8, 4) is 0 Å². The Morgan fingerprint density at radius 3 is 2.73 bits per heavy atom. The Bertz CT molecular complexity index is 287. The quantitative estimate of drug-likeness (QED) is 0.820. The first-order chi connectivity index (χ1) is 7.27. The minimum absolute atomic E-state index is 0.609. The maximum atomic E-state index is 6.08. The van der Waals surface area contributed by atoms with Gasteiger partial charge in [0.05, 0.1) is 0 Å². The molecule has 1 nitrogen and oxygen atoms in total. The summed E-state index contributed by atoms with van der Waals surface area (Å²) in [6.45, 7) is 2.21. The average molecular weight is 244 g/mol. The highest BCUT2D eigenvalue weighted by Crippen LogP contribution is 2.21. The maximum Gasteiger partial charge on any atom is 0.0446 e. The summed E-state index contributed by atoms with van der Waals surface area (Å²) in [7, 11) is 2.02. The molecule has 0 saturated heterocycles. The van der Waals surface area contributed by atoms with E-state index >= 15 is 0 Å². The minimum atomic E-state index is 0.609. The van der Waals surface area contributed by atoms with Crippen LogP contribution in [0, 0.1) is 0 Å². The molecule has 1 unspecified atom stereocenters. The fourth-order valence-corrected chi connectivity index (χ4v) is 2.89. The topological polar surface area (TPSA) is 12.0 Å². The molecule has 1 N–H and O–H groups in total. The molecule has 0 saturated carbocycles. The van der Waals surface area contributed by atoms with Crippen molar-refractivity contribution in [2.45, 2.75) is 25.1 Å². The molecule has 0 radical (unpaired) electrons. The van der Waals surface area contributed by atoms with Crippen LogP contribution in [-0.2, 0) is 5.75 Å². The summed E-state index contributed by atoms with van der Waals surface area (Å²) in [6.07, 6.45) is 1.17. The molecule has 0 heterocycles. The summed E-state index contributed by atoms with van der Waals surface area (Å²) in [5.74, 6) is 2.13. The second kappa shape index (κ2) is 7.15. The van der Waals surface area contributed by atoms with Crippen LogP contribution in [0.2, 0.25) is 5.02 Å². The van der Waals surface area contributed by atoms with Crippen LogP contribution in [0.1, 0.15) is 18.9 Å². The molecule has 1 aromatic rings. The summed E-state index contributed by atoms with van der Waals surface area (Å²) < 4.78 is 0. The third kappa shape index (κ3) is 4.45. The molecule has 0 fully saturated rings. The summed E-state index contributed by atoms with van der Waals surface area (Å²) in [4.78, 5) is 0. The molecule has 1 rings (SSSR count). The Kier molecular flexibility index (Phi) is 6.15. The largest absolute Gasteiger partial charge is 0.316 e. The Balaban J connectivity index is 2.34. The molecule has 1 aromatic carbocycles. The molecule has 0 amide bonds. The van der Waals surface area contributed by atoms with Crippen LogP contribution in [0.15, 0.2) is 24.3 Å². The lowest BCUT2D eigenvalue weighted by molar-refractivity contribution is 0.602. The highest BCUT2D eigenvalue weighted by molar-refractivity contribution is 7.98. The molecule has 0 aromatic heterocycles. The summed E-state index contributed by atoms with van der Waals surface area (Å²) in [6, 6.07) is 8.66. The lowest BCUT2D eigenvalue weighted by Crippen LogP contribution is -2.26. The van der Waals surface area contributed by atoms with Gasteiger partial charge in [0.25, 0.3) is 0 Å². The molecule has 15 heavy (non-hydrogen) atoms. The monoisotopic (exact) mass is 243 g/mol. The molecule has 84 valence electrons. The van der Waals surface area contributed by atoms with Crippen LogP contribution in [0.5, 0.6) is 0 Å². The van der Waals surface area contributed by atoms with Crippen LogP contribution in [0.25, 0.3) is 0 Å². The van der Waals surface area contributed by atoms with E-state index in [1.165, 1.54) is 12.0 Å². The standard InChI is InChI=1S/C12H18ClNS/c1-3-11(14-2)9-15-8-10-6-4-5-7-12(10)13/h4-7,11,14H,3,8-9H2,1-2H3. The van der Waals surface area contributed by atoms with E-state index in [0.717, 1.165) is 16.5 Å². The Morgan fingerprint density at radius 2 is 2.13 bits per heavy atom. The highest BCUT2D eigenvalue weighted by Gasteiger charge is 2.04. The predicted octanol–water partition coefficient (Wildman–Crippen LogP) is 3.57. The molecular weight excluding hydrogens is 226 g/mol. The smallest absolute Gasteiger partial charge is 0.0446 e. The van der Waals surface area contributed by atoms with Crippen molar-refractivity contribution in [1.82, 2.24) is 5.32 Å². The lowest BCUT2D eigenvalue weighted by atomic mass is 10.2. The Hall–Kier alpha value is -0.180. The van der Waals surface area contributed by atoms with E-state index in [-0.39, 0.29) is 0 Å². The number of nitrogens with one attached hydrogen (secondary N) is 1. The van der Waals surface area contributed by atoms with E-state index in [0.29, 0.717) is 6.04 Å². The van der Waals surface area contributed by atoms with Gasteiger partial charge in [-0.2, -0.15) is 11.8 Å². The van der Waals surface area contributed by atoms with E-state index < -0.39 is 0 Å².